The molecule has 0 amide bonds. The van der Waals surface area contributed by atoms with Gasteiger partial charge in [-0.05, 0) is 12.8 Å². The van der Waals surface area contributed by atoms with Gasteiger partial charge >= 0.3 is 5.97 Å². The third-order valence-corrected chi connectivity index (χ3v) is 1.66. The van der Waals surface area contributed by atoms with Crippen molar-refractivity contribution in [2.45, 2.75) is 26.3 Å². The molecule has 0 unspecified atom stereocenters. The Balaban J connectivity index is 0. The summed E-state index contributed by atoms with van der Waals surface area (Å²) in [5.41, 5.74) is 4.32. The van der Waals surface area contributed by atoms with Crippen molar-refractivity contribution < 1.29 is 9.90 Å². The smallest absolute Gasteiger partial charge is 0.323 e. The van der Waals surface area contributed by atoms with Gasteiger partial charge in [0.2, 0.25) is 0 Å². The van der Waals surface area contributed by atoms with Gasteiger partial charge in [0, 0.05) is 0 Å². The molecule has 3 N–H and O–H groups in total. The van der Waals surface area contributed by atoms with Crippen LogP contribution in [0.15, 0.2) is 0 Å². The van der Waals surface area contributed by atoms with Crippen LogP contribution in [0.5, 0.6) is 0 Å². The van der Waals surface area contributed by atoms with E-state index >= 15 is 0 Å². The molecule has 0 radical (unpaired) electrons. The summed E-state index contributed by atoms with van der Waals surface area (Å²) in [7, 11) is 0. The molecule has 4 heteroatoms. The van der Waals surface area contributed by atoms with Gasteiger partial charge in [0.15, 0.2) is 0 Å². The average molecular weight is 168 g/mol. The molecule has 0 heterocycles. The molecule has 0 aromatic carbocycles. The van der Waals surface area contributed by atoms with Crippen molar-refractivity contribution in [1.29, 1.82) is 0 Å². The molecular weight excluding hydrogens is 154 g/mol. The van der Waals surface area contributed by atoms with Crippen LogP contribution < -0.4 is 5.73 Å². The van der Waals surface area contributed by atoms with Crippen molar-refractivity contribution in [2.24, 2.45) is 11.7 Å². The minimum absolute atomic E-state index is 0. The number of hydrogen-bond acceptors (Lipinski definition) is 2. The number of carbonyl (C=O) groups is 1. The topological polar surface area (TPSA) is 63.3 Å². The SMILES string of the molecule is CC(C)[C@@](C)(N)C(=O)O.Cl. The lowest BCUT2D eigenvalue weighted by molar-refractivity contribution is -0.144. The van der Waals surface area contributed by atoms with E-state index in [0.717, 1.165) is 0 Å². The third-order valence-electron chi connectivity index (χ3n) is 1.66. The van der Waals surface area contributed by atoms with Gasteiger partial charge < -0.3 is 10.8 Å². The molecule has 0 fully saturated rings. The highest BCUT2D eigenvalue weighted by Crippen LogP contribution is 2.11. The first-order chi connectivity index (χ1) is 3.89. The molecule has 1 atom stereocenters. The van der Waals surface area contributed by atoms with Crippen LogP contribution in [0.25, 0.3) is 0 Å². The molecule has 0 bridgehead atoms. The quantitative estimate of drug-likeness (QED) is 0.642. The van der Waals surface area contributed by atoms with Gasteiger partial charge in [-0.3, -0.25) is 4.79 Å². The predicted octanol–water partition coefficient (Wildman–Crippen LogP) is 0.866. The van der Waals surface area contributed by atoms with E-state index in [1.165, 1.54) is 6.92 Å². The van der Waals surface area contributed by atoms with E-state index in [1.54, 1.807) is 13.8 Å². The summed E-state index contributed by atoms with van der Waals surface area (Å²) in [6, 6.07) is 0. The molecule has 0 rings (SSSR count). The Morgan fingerprint density at radius 3 is 1.90 bits per heavy atom. The molecule has 0 spiro atoms. The summed E-state index contributed by atoms with van der Waals surface area (Å²) in [6.45, 7) is 5.09. The number of carboxylic acid groups (broad SMARTS) is 1. The molecule has 0 aliphatic heterocycles. The van der Waals surface area contributed by atoms with Gasteiger partial charge in [-0.15, -0.1) is 12.4 Å². The maximum absolute atomic E-state index is 10.3. The average Bonchev–Trinajstić information content (AvgIpc) is 1.65. The van der Waals surface area contributed by atoms with Crippen molar-refractivity contribution in [3.05, 3.63) is 0 Å². The Labute approximate surface area is 67.0 Å². The number of aliphatic carboxylic acids is 1. The Morgan fingerprint density at radius 1 is 1.60 bits per heavy atom. The van der Waals surface area contributed by atoms with Crippen LogP contribution in [0.4, 0.5) is 0 Å². The summed E-state index contributed by atoms with van der Waals surface area (Å²) in [5.74, 6) is -0.979. The van der Waals surface area contributed by atoms with E-state index in [9.17, 15) is 4.79 Å². The monoisotopic (exact) mass is 167 g/mol. The fourth-order valence-corrected chi connectivity index (χ4v) is 0.247. The highest BCUT2D eigenvalue weighted by atomic mass is 35.5. The van der Waals surface area contributed by atoms with Crippen molar-refractivity contribution >= 4 is 18.4 Å². The van der Waals surface area contributed by atoms with E-state index in [4.69, 9.17) is 10.8 Å². The van der Waals surface area contributed by atoms with E-state index in [2.05, 4.69) is 0 Å². The maximum Gasteiger partial charge on any atom is 0.323 e. The van der Waals surface area contributed by atoms with E-state index in [-0.39, 0.29) is 18.3 Å². The maximum atomic E-state index is 10.3. The summed E-state index contributed by atoms with van der Waals surface area (Å²) < 4.78 is 0. The van der Waals surface area contributed by atoms with Crippen LogP contribution in [0.2, 0.25) is 0 Å². The summed E-state index contributed by atoms with van der Waals surface area (Å²) in [4.78, 5) is 10.3. The summed E-state index contributed by atoms with van der Waals surface area (Å²) >= 11 is 0. The second kappa shape index (κ2) is 3.78. The Kier molecular flexibility index (Phi) is 4.69. The first kappa shape index (κ1) is 12.4. The highest BCUT2D eigenvalue weighted by molar-refractivity contribution is 5.85. The van der Waals surface area contributed by atoms with Crippen LogP contribution in [-0.4, -0.2) is 16.6 Å². The van der Waals surface area contributed by atoms with Crippen molar-refractivity contribution in [2.75, 3.05) is 0 Å². The molecule has 3 nitrogen and oxygen atoms in total. The molecule has 62 valence electrons. The predicted molar refractivity (Wildman–Crippen MR) is 42.3 cm³/mol. The molecule has 0 aliphatic carbocycles. The highest BCUT2D eigenvalue weighted by Gasteiger charge is 2.31. The number of hydrogen-bond donors (Lipinski definition) is 2. The van der Waals surface area contributed by atoms with Gasteiger partial charge in [-0.25, -0.2) is 0 Å². The number of nitrogens with two attached hydrogens (primary N) is 1. The van der Waals surface area contributed by atoms with Crippen molar-refractivity contribution in [3.8, 4) is 0 Å². The first-order valence-electron chi connectivity index (χ1n) is 2.91. The van der Waals surface area contributed by atoms with Gasteiger partial charge in [0.25, 0.3) is 0 Å². The third kappa shape index (κ3) is 2.54. The number of rotatable bonds is 2. The Morgan fingerprint density at radius 2 is 1.90 bits per heavy atom. The zero-order valence-corrected chi connectivity index (χ0v) is 7.23. The van der Waals surface area contributed by atoms with Crippen LogP contribution in [-0.2, 0) is 4.79 Å². The van der Waals surface area contributed by atoms with Crippen molar-refractivity contribution in [1.82, 2.24) is 0 Å². The van der Waals surface area contributed by atoms with Gasteiger partial charge in [-0.1, -0.05) is 13.8 Å². The van der Waals surface area contributed by atoms with E-state index in [0.29, 0.717) is 0 Å². The van der Waals surface area contributed by atoms with Crippen LogP contribution in [0.1, 0.15) is 20.8 Å². The lowest BCUT2D eigenvalue weighted by Gasteiger charge is -2.22. The van der Waals surface area contributed by atoms with Crippen LogP contribution in [0.3, 0.4) is 0 Å². The molecule has 0 aromatic heterocycles. The molecular formula is C6H14ClNO2. The van der Waals surface area contributed by atoms with E-state index in [1.807, 2.05) is 0 Å². The molecule has 0 aromatic rings. The van der Waals surface area contributed by atoms with Gasteiger partial charge in [-0.2, -0.15) is 0 Å². The standard InChI is InChI=1S/C6H13NO2.ClH/c1-4(2)6(3,7)5(8)9;/h4H,7H2,1-3H3,(H,8,9);1H/t6-;/m1./s1. The molecule has 0 saturated carbocycles. The van der Waals surface area contributed by atoms with Crippen LogP contribution in [0, 0.1) is 5.92 Å². The minimum Gasteiger partial charge on any atom is -0.480 e. The number of halogens is 1. The first-order valence-corrected chi connectivity index (χ1v) is 2.91. The Hall–Kier alpha value is -0.280. The second-order valence-electron chi connectivity index (χ2n) is 2.74. The summed E-state index contributed by atoms with van der Waals surface area (Å²) in [6.07, 6.45) is 0. The van der Waals surface area contributed by atoms with E-state index < -0.39 is 11.5 Å². The lowest BCUT2D eigenvalue weighted by atomic mass is 9.90. The number of carboxylic acids is 1. The fraction of sp³-hybridized carbons (Fsp3) is 0.833. The van der Waals surface area contributed by atoms with Crippen LogP contribution >= 0.6 is 12.4 Å². The fourth-order valence-electron chi connectivity index (χ4n) is 0.247. The minimum atomic E-state index is -1.08. The van der Waals surface area contributed by atoms with Crippen molar-refractivity contribution in [3.63, 3.8) is 0 Å². The Bertz CT molecular complexity index is 123. The molecule has 0 saturated heterocycles. The largest absolute Gasteiger partial charge is 0.480 e. The molecule has 0 aliphatic rings. The van der Waals surface area contributed by atoms with Gasteiger partial charge in [0.1, 0.15) is 5.54 Å². The van der Waals surface area contributed by atoms with Gasteiger partial charge in [0.05, 0.1) is 0 Å². The summed E-state index contributed by atoms with van der Waals surface area (Å²) in [5, 5.41) is 8.49. The zero-order chi connectivity index (χ0) is 7.65. The molecule has 10 heavy (non-hydrogen) atoms. The second-order valence-corrected chi connectivity index (χ2v) is 2.74. The normalized spacial score (nSPS) is 15.7. The lowest BCUT2D eigenvalue weighted by Crippen LogP contribution is -2.49. The zero-order valence-electron chi connectivity index (χ0n) is 6.42.